The molecular weight excluding hydrogens is 336 g/mol. The van der Waals surface area contributed by atoms with E-state index in [4.69, 9.17) is 0 Å². The Bertz CT molecular complexity index is 608. The summed E-state index contributed by atoms with van der Waals surface area (Å²) in [4.78, 5) is 21.1. The number of hydrogen-bond acceptors (Lipinski definition) is 4. The maximum Gasteiger partial charge on any atom is 0.188 e. The van der Waals surface area contributed by atoms with Crippen LogP contribution in [0.4, 0.5) is 0 Å². The smallest absolute Gasteiger partial charge is 0.188 e. The van der Waals surface area contributed by atoms with Gasteiger partial charge in [0.05, 0.1) is 5.25 Å². The average Bonchev–Trinajstić information content (AvgIpc) is 2.37. The number of benzene rings is 1. The van der Waals surface area contributed by atoms with Crippen molar-refractivity contribution in [1.82, 2.24) is 9.97 Å². The van der Waals surface area contributed by atoms with Gasteiger partial charge in [-0.15, -0.1) is 0 Å². The Morgan fingerprint density at radius 1 is 1.15 bits per heavy atom. The van der Waals surface area contributed by atoms with Gasteiger partial charge in [0.1, 0.15) is 0 Å². The van der Waals surface area contributed by atoms with Crippen molar-refractivity contribution in [3.05, 3.63) is 51.8 Å². The van der Waals surface area contributed by atoms with Crippen LogP contribution in [0, 0.1) is 13.8 Å². The standard InChI is InChI=1S/C15H15BrN2OS/c1-9-8-10(2)18-15(17-9)20-11(3)14(19)12-4-6-13(16)7-5-12/h4-8,11H,1-3H3. The lowest BCUT2D eigenvalue weighted by Gasteiger charge is -2.10. The van der Waals surface area contributed by atoms with Gasteiger partial charge in [0.15, 0.2) is 10.9 Å². The number of carbonyl (C=O) groups is 1. The van der Waals surface area contributed by atoms with Crippen molar-refractivity contribution in [1.29, 1.82) is 0 Å². The number of thioether (sulfide) groups is 1. The summed E-state index contributed by atoms with van der Waals surface area (Å²) >= 11 is 4.76. The Morgan fingerprint density at radius 3 is 2.25 bits per heavy atom. The SMILES string of the molecule is Cc1cc(C)nc(SC(C)C(=O)c2ccc(Br)cc2)n1. The van der Waals surface area contributed by atoms with Crippen LogP contribution in [0.1, 0.15) is 28.7 Å². The number of aromatic nitrogens is 2. The normalized spacial score (nSPS) is 12.2. The molecule has 0 aliphatic heterocycles. The Kier molecular flexibility index (Phi) is 4.94. The Balaban J connectivity index is 2.13. The second-order valence-corrected chi connectivity index (χ2v) is 6.79. The number of nitrogens with zero attached hydrogens (tertiary/aromatic N) is 2. The largest absolute Gasteiger partial charge is 0.293 e. The summed E-state index contributed by atoms with van der Waals surface area (Å²) in [5.41, 5.74) is 2.55. The highest BCUT2D eigenvalue weighted by Crippen LogP contribution is 2.23. The zero-order chi connectivity index (χ0) is 14.7. The summed E-state index contributed by atoms with van der Waals surface area (Å²) in [6.07, 6.45) is 0. The molecule has 1 aromatic heterocycles. The zero-order valence-corrected chi connectivity index (χ0v) is 14.0. The number of halogens is 1. The van der Waals surface area contributed by atoms with Crippen molar-refractivity contribution in [2.45, 2.75) is 31.2 Å². The molecule has 0 saturated carbocycles. The molecule has 0 amide bonds. The second-order valence-electron chi connectivity index (χ2n) is 4.56. The number of rotatable bonds is 4. The molecule has 0 saturated heterocycles. The van der Waals surface area contributed by atoms with Crippen molar-refractivity contribution < 1.29 is 4.79 Å². The quantitative estimate of drug-likeness (QED) is 0.470. The molecule has 20 heavy (non-hydrogen) atoms. The number of aryl methyl sites for hydroxylation is 2. The molecule has 2 rings (SSSR count). The minimum atomic E-state index is -0.211. The summed E-state index contributed by atoms with van der Waals surface area (Å²) in [7, 11) is 0. The predicted molar refractivity (Wildman–Crippen MR) is 85.3 cm³/mol. The fourth-order valence-electron chi connectivity index (χ4n) is 1.81. The van der Waals surface area contributed by atoms with Crippen LogP contribution in [0.15, 0.2) is 40.0 Å². The lowest BCUT2D eigenvalue weighted by atomic mass is 10.1. The van der Waals surface area contributed by atoms with Crippen molar-refractivity contribution in [2.75, 3.05) is 0 Å². The minimum absolute atomic E-state index is 0.0882. The van der Waals surface area contributed by atoms with Gasteiger partial charge in [-0.05, 0) is 39.0 Å². The number of carbonyl (C=O) groups excluding carboxylic acids is 1. The molecule has 3 nitrogen and oxygen atoms in total. The van der Waals surface area contributed by atoms with Gasteiger partial charge >= 0.3 is 0 Å². The Labute approximate surface area is 131 Å². The molecule has 0 bridgehead atoms. The van der Waals surface area contributed by atoms with Crippen LogP contribution in [-0.4, -0.2) is 21.0 Å². The van der Waals surface area contributed by atoms with Crippen molar-refractivity contribution in [2.24, 2.45) is 0 Å². The van der Waals surface area contributed by atoms with E-state index in [1.54, 1.807) is 0 Å². The molecule has 0 N–H and O–H groups in total. The first-order valence-electron chi connectivity index (χ1n) is 6.24. The monoisotopic (exact) mass is 350 g/mol. The van der Waals surface area contributed by atoms with Crippen LogP contribution in [0.2, 0.25) is 0 Å². The summed E-state index contributed by atoms with van der Waals surface area (Å²) in [6.45, 7) is 5.75. The van der Waals surface area contributed by atoms with Crippen LogP contribution in [0.5, 0.6) is 0 Å². The molecule has 0 fully saturated rings. The van der Waals surface area contributed by atoms with Crippen LogP contribution in [0.3, 0.4) is 0 Å². The van der Waals surface area contributed by atoms with Crippen molar-refractivity contribution in [3.8, 4) is 0 Å². The molecule has 0 aliphatic rings. The third kappa shape index (κ3) is 3.90. The third-order valence-electron chi connectivity index (χ3n) is 2.74. The molecule has 1 unspecified atom stereocenters. The van der Waals surface area contributed by atoms with E-state index in [2.05, 4.69) is 25.9 Å². The van der Waals surface area contributed by atoms with Crippen LogP contribution in [0.25, 0.3) is 0 Å². The van der Waals surface area contributed by atoms with E-state index >= 15 is 0 Å². The summed E-state index contributed by atoms with van der Waals surface area (Å²) < 4.78 is 0.965. The van der Waals surface area contributed by atoms with Crippen molar-refractivity contribution >= 4 is 33.5 Å². The first kappa shape index (κ1) is 15.2. The number of Topliss-reactive ketones (excluding diaryl/α,β-unsaturated/α-hetero) is 1. The van der Waals surface area contributed by atoms with E-state index < -0.39 is 0 Å². The summed E-state index contributed by atoms with van der Waals surface area (Å²) in [5, 5.41) is 0.442. The van der Waals surface area contributed by atoms with Crippen molar-refractivity contribution in [3.63, 3.8) is 0 Å². The number of hydrogen-bond donors (Lipinski definition) is 0. The highest BCUT2D eigenvalue weighted by molar-refractivity contribution is 9.10. The van der Waals surface area contributed by atoms with Gasteiger partial charge in [-0.2, -0.15) is 0 Å². The van der Waals surface area contributed by atoms with E-state index in [0.29, 0.717) is 10.7 Å². The van der Waals surface area contributed by atoms with E-state index in [9.17, 15) is 4.79 Å². The summed E-state index contributed by atoms with van der Waals surface area (Å²) in [5.74, 6) is 0.0882. The molecular formula is C15H15BrN2OS. The summed E-state index contributed by atoms with van der Waals surface area (Å²) in [6, 6.07) is 9.32. The van der Waals surface area contributed by atoms with Gasteiger partial charge in [0.25, 0.3) is 0 Å². The lowest BCUT2D eigenvalue weighted by Crippen LogP contribution is -2.14. The van der Waals surface area contributed by atoms with Gasteiger partial charge in [-0.1, -0.05) is 39.8 Å². The zero-order valence-electron chi connectivity index (χ0n) is 11.6. The highest BCUT2D eigenvalue weighted by Gasteiger charge is 2.18. The molecule has 5 heteroatoms. The molecule has 104 valence electrons. The fourth-order valence-corrected chi connectivity index (χ4v) is 3.02. The van der Waals surface area contributed by atoms with E-state index in [1.807, 2.05) is 51.1 Å². The number of ketones is 1. The molecule has 1 atom stereocenters. The van der Waals surface area contributed by atoms with Gasteiger partial charge in [-0.25, -0.2) is 9.97 Å². The average molecular weight is 351 g/mol. The van der Waals surface area contributed by atoms with Crippen LogP contribution < -0.4 is 0 Å². The van der Waals surface area contributed by atoms with Crippen LogP contribution in [-0.2, 0) is 0 Å². The molecule has 0 spiro atoms. The molecule has 2 aromatic rings. The Morgan fingerprint density at radius 2 is 1.70 bits per heavy atom. The maximum absolute atomic E-state index is 12.3. The first-order valence-corrected chi connectivity index (χ1v) is 7.91. The first-order chi connectivity index (χ1) is 9.45. The minimum Gasteiger partial charge on any atom is -0.293 e. The van der Waals surface area contributed by atoms with E-state index in [1.165, 1.54) is 11.8 Å². The van der Waals surface area contributed by atoms with Crippen LogP contribution >= 0.6 is 27.7 Å². The van der Waals surface area contributed by atoms with Gasteiger partial charge < -0.3 is 0 Å². The molecule has 0 radical (unpaired) electrons. The van der Waals surface area contributed by atoms with E-state index in [-0.39, 0.29) is 11.0 Å². The lowest BCUT2D eigenvalue weighted by molar-refractivity contribution is 0.0994. The second kappa shape index (κ2) is 6.50. The maximum atomic E-state index is 12.3. The fraction of sp³-hybridized carbons (Fsp3) is 0.267. The van der Waals surface area contributed by atoms with E-state index in [0.717, 1.165) is 15.9 Å². The third-order valence-corrected chi connectivity index (χ3v) is 4.23. The molecule has 1 heterocycles. The Hall–Kier alpha value is -1.20. The predicted octanol–water partition coefficient (Wildman–Crippen LogP) is 4.22. The molecule has 1 aromatic carbocycles. The van der Waals surface area contributed by atoms with Gasteiger partial charge in [0, 0.05) is 21.4 Å². The van der Waals surface area contributed by atoms with Gasteiger partial charge in [-0.3, -0.25) is 4.79 Å². The highest BCUT2D eigenvalue weighted by atomic mass is 79.9. The molecule has 0 aliphatic carbocycles. The van der Waals surface area contributed by atoms with Gasteiger partial charge in [0.2, 0.25) is 0 Å². The topological polar surface area (TPSA) is 42.9 Å².